The lowest BCUT2D eigenvalue weighted by molar-refractivity contribution is -0.133. The molecule has 3 aromatic rings. The number of nitrogens with zero attached hydrogens (tertiary/aromatic N) is 3. The van der Waals surface area contributed by atoms with E-state index in [0.717, 1.165) is 31.6 Å². The van der Waals surface area contributed by atoms with Gasteiger partial charge in [0.25, 0.3) is 5.91 Å². The molecule has 0 aliphatic carbocycles. The van der Waals surface area contributed by atoms with Gasteiger partial charge in [0.1, 0.15) is 6.54 Å². The number of hydrogen-bond donors (Lipinski definition) is 0. The van der Waals surface area contributed by atoms with E-state index in [9.17, 15) is 9.59 Å². The van der Waals surface area contributed by atoms with Gasteiger partial charge in [0.15, 0.2) is 0 Å². The van der Waals surface area contributed by atoms with Crippen LogP contribution in [-0.2, 0) is 24.3 Å². The molecule has 0 atom stereocenters. The van der Waals surface area contributed by atoms with Gasteiger partial charge in [-0.1, -0.05) is 62.2 Å². The highest BCUT2D eigenvalue weighted by Gasteiger charge is 2.24. The van der Waals surface area contributed by atoms with Gasteiger partial charge >= 0.3 is 0 Å². The summed E-state index contributed by atoms with van der Waals surface area (Å²) in [6, 6.07) is 20.2. The molecule has 5 nitrogen and oxygen atoms in total. The van der Waals surface area contributed by atoms with Crippen molar-refractivity contribution in [3.8, 4) is 0 Å². The Bertz CT molecular complexity index is 1170. The van der Waals surface area contributed by atoms with Gasteiger partial charge in [-0.3, -0.25) is 9.59 Å². The molecule has 1 saturated heterocycles. The van der Waals surface area contributed by atoms with Crippen molar-refractivity contribution in [1.82, 2.24) is 14.7 Å². The first-order valence-corrected chi connectivity index (χ1v) is 15.4. The Morgan fingerprint density at radius 2 is 1.62 bits per heavy atom. The summed E-state index contributed by atoms with van der Waals surface area (Å²) < 4.78 is 0. The highest BCUT2D eigenvalue weighted by Crippen LogP contribution is 2.20. The summed E-state index contributed by atoms with van der Waals surface area (Å²) in [6.45, 7) is 8.96. The van der Waals surface area contributed by atoms with Gasteiger partial charge in [0.05, 0.1) is 6.54 Å². The Kier molecular flexibility index (Phi) is 11.2. The van der Waals surface area contributed by atoms with E-state index >= 15 is 0 Å². The van der Waals surface area contributed by atoms with Gasteiger partial charge in [-0.25, -0.2) is 0 Å². The van der Waals surface area contributed by atoms with Crippen molar-refractivity contribution in [2.24, 2.45) is 0 Å². The van der Waals surface area contributed by atoms with Crippen molar-refractivity contribution in [1.29, 1.82) is 0 Å². The minimum Gasteiger partial charge on any atom is -0.332 e. The number of amides is 2. The SMILES string of the molecule is CCCCCc1ccc(C(=O)N(CCN2CCCC2)CC(=O)N(Cc2ccccc2)Cc2sccc2C)cc1. The van der Waals surface area contributed by atoms with E-state index in [4.69, 9.17) is 0 Å². The maximum atomic E-state index is 13.9. The Morgan fingerprint density at radius 3 is 2.28 bits per heavy atom. The van der Waals surface area contributed by atoms with Crippen molar-refractivity contribution >= 4 is 23.2 Å². The van der Waals surface area contributed by atoms with Gasteiger partial charge in [-0.15, -0.1) is 11.3 Å². The van der Waals surface area contributed by atoms with Crippen LogP contribution in [0.1, 0.15) is 71.0 Å². The lowest BCUT2D eigenvalue weighted by atomic mass is 10.0. The van der Waals surface area contributed by atoms with E-state index in [-0.39, 0.29) is 18.4 Å². The molecule has 0 unspecified atom stereocenters. The summed E-state index contributed by atoms with van der Waals surface area (Å²) >= 11 is 1.68. The smallest absolute Gasteiger partial charge is 0.254 e. The summed E-state index contributed by atoms with van der Waals surface area (Å²) in [6.07, 6.45) is 7.04. The first kappa shape index (κ1) is 29.0. The second-order valence-electron chi connectivity index (χ2n) is 10.7. The molecular weight excluding hydrogens is 502 g/mol. The van der Waals surface area contributed by atoms with E-state index in [0.29, 0.717) is 25.2 Å². The lowest BCUT2D eigenvalue weighted by Crippen LogP contribution is -2.45. The van der Waals surface area contributed by atoms with Crippen LogP contribution in [0.5, 0.6) is 0 Å². The van der Waals surface area contributed by atoms with E-state index in [1.807, 2.05) is 35.2 Å². The molecule has 0 bridgehead atoms. The molecule has 1 aromatic heterocycles. The number of carbonyl (C=O) groups excluding carboxylic acids is 2. The quantitative estimate of drug-likeness (QED) is 0.216. The van der Waals surface area contributed by atoms with E-state index < -0.39 is 0 Å². The summed E-state index contributed by atoms with van der Waals surface area (Å²) in [7, 11) is 0. The van der Waals surface area contributed by atoms with Crippen molar-refractivity contribution in [3.63, 3.8) is 0 Å². The van der Waals surface area contributed by atoms with Gasteiger partial charge in [0.2, 0.25) is 5.91 Å². The number of aryl methyl sites for hydroxylation is 2. The number of benzene rings is 2. The van der Waals surface area contributed by atoms with Crippen molar-refractivity contribution in [3.05, 3.63) is 93.2 Å². The molecule has 0 spiro atoms. The van der Waals surface area contributed by atoms with Crippen LogP contribution in [0, 0.1) is 6.92 Å². The highest BCUT2D eigenvalue weighted by atomic mass is 32.1. The molecule has 1 aliphatic rings. The summed E-state index contributed by atoms with van der Waals surface area (Å²) in [4.78, 5) is 34.9. The number of hydrogen-bond acceptors (Lipinski definition) is 4. The number of likely N-dealkylation sites (tertiary alicyclic amines) is 1. The molecule has 0 radical (unpaired) electrons. The molecule has 1 fully saturated rings. The Hall–Kier alpha value is -2.96. The number of carbonyl (C=O) groups is 2. The molecule has 208 valence electrons. The summed E-state index contributed by atoms with van der Waals surface area (Å²) in [5.74, 6) is -0.0766. The number of rotatable bonds is 14. The van der Waals surface area contributed by atoms with E-state index in [1.165, 1.54) is 48.1 Å². The zero-order valence-corrected chi connectivity index (χ0v) is 24.4. The van der Waals surface area contributed by atoms with Crippen LogP contribution in [0.25, 0.3) is 0 Å². The molecule has 6 heteroatoms. The molecule has 39 heavy (non-hydrogen) atoms. The largest absolute Gasteiger partial charge is 0.332 e. The molecule has 4 rings (SSSR count). The molecule has 0 saturated carbocycles. The molecule has 1 aliphatic heterocycles. The zero-order valence-electron chi connectivity index (χ0n) is 23.6. The topological polar surface area (TPSA) is 43.9 Å². The fourth-order valence-electron chi connectivity index (χ4n) is 5.14. The van der Waals surface area contributed by atoms with Crippen LogP contribution in [0.4, 0.5) is 0 Å². The fraction of sp³-hybridized carbons (Fsp3) is 0.455. The maximum absolute atomic E-state index is 13.9. The lowest BCUT2D eigenvalue weighted by Gasteiger charge is -2.29. The first-order valence-electron chi connectivity index (χ1n) is 14.5. The molecule has 0 N–H and O–H groups in total. The second-order valence-corrected chi connectivity index (χ2v) is 11.7. The summed E-state index contributed by atoms with van der Waals surface area (Å²) in [5, 5.41) is 2.08. The second kappa shape index (κ2) is 15.0. The third kappa shape index (κ3) is 8.77. The Balaban J connectivity index is 1.50. The Labute approximate surface area is 238 Å². The van der Waals surface area contributed by atoms with E-state index in [1.54, 1.807) is 16.2 Å². The molecule has 2 aromatic carbocycles. The average molecular weight is 546 g/mol. The monoisotopic (exact) mass is 545 g/mol. The maximum Gasteiger partial charge on any atom is 0.254 e. The van der Waals surface area contributed by atoms with Crippen molar-refractivity contribution in [2.75, 3.05) is 32.7 Å². The van der Waals surface area contributed by atoms with Crippen LogP contribution in [0.15, 0.2) is 66.0 Å². The first-order chi connectivity index (χ1) is 19.0. The Morgan fingerprint density at radius 1 is 0.872 bits per heavy atom. The third-order valence-electron chi connectivity index (χ3n) is 7.64. The summed E-state index contributed by atoms with van der Waals surface area (Å²) in [5.41, 5.74) is 4.22. The number of unbranched alkanes of at least 4 members (excludes halogenated alkanes) is 2. The third-order valence-corrected chi connectivity index (χ3v) is 8.65. The zero-order chi connectivity index (χ0) is 27.5. The van der Waals surface area contributed by atoms with Gasteiger partial charge in [0, 0.05) is 30.1 Å². The van der Waals surface area contributed by atoms with Gasteiger partial charge in [-0.05, 0) is 86.0 Å². The van der Waals surface area contributed by atoms with Gasteiger partial charge in [-0.2, -0.15) is 0 Å². The average Bonchev–Trinajstić information content (AvgIpc) is 3.63. The normalized spacial score (nSPS) is 13.5. The predicted octanol–water partition coefficient (Wildman–Crippen LogP) is 6.56. The molecule has 2 heterocycles. The highest BCUT2D eigenvalue weighted by molar-refractivity contribution is 7.10. The van der Waals surface area contributed by atoms with Crippen LogP contribution < -0.4 is 0 Å². The van der Waals surface area contributed by atoms with Crippen molar-refractivity contribution < 1.29 is 9.59 Å². The van der Waals surface area contributed by atoms with Crippen LogP contribution >= 0.6 is 11.3 Å². The van der Waals surface area contributed by atoms with Gasteiger partial charge < -0.3 is 14.7 Å². The van der Waals surface area contributed by atoms with E-state index in [2.05, 4.69) is 54.5 Å². The molecule has 2 amide bonds. The molecular formula is C33H43N3O2S. The van der Waals surface area contributed by atoms with Crippen molar-refractivity contribution in [2.45, 2.75) is 65.5 Å². The minimum atomic E-state index is -0.0605. The van der Waals surface area contributed by atoms with Crippen LogP contribution in [0.2, 0.25) is 0 Å². The van der Waals surface area contributed by atoms with Crippen LogP contribution in [0.3, 0.4) is 0 Å². The predicted molar refractivity (Wildman–Crippen MR) is 161 cm³/mol. The fourth-order valence-corrected chi connectivity index (χ4v) is 6.06. The number of thiophene rings is 1. The van der Waals surface area contributed by atoms with Crippen LogP contribution in [-0.4, -0.2) is 59.2 Å². The minimum absolute atomic E-state index is 0.0161. The standard InChI is InChI=1S/C33H43N3O2S/c1-3-4-6-11-28-14-16-30(17-15-28)33(38)35(22-21-34-19-9-10-20-34)26-32(37)36(24-29-12-7-5-8-13-29)25-31-27(2)18-23-39-31/h5,7-8,12-18,23H,3-4,6,9-11,19-22,24-26H2,1-2H3.